The van der Waals surface area contributed by atoms with E-state index in [4.69, 9.17) is 0 Å². The second kappa shape index (κ2) is 6.91. The highest BCUT2D eigenvalue weighted by Gasteiger charge is 2.44. The lowest BCUT2D eigenvalue weighted by Gasteiger charge is -2.36. The third kappa shape index (κ3) is 3.63. The molecule has 0 aromatic carbocycles. The minimum atomic E-state index is -4.53. The highest BCUT2D eigenvalue weighted by Crippen LogP contribution is 2.28. The highest BCUT2D eigenvalue weighted by atomic mass is 32.2. The molecule has 0 spiro atoms. The van der Waals surface area contributed by atoms with Gasteiger partial charge < -0.3 is 4.90 Å². The van der Waals surface area contributed by atoms with Crippen molar-refractivity contribution in [3.05, 3.63) is 17.8 Å². The molecular weight excluding hydrogens is 373 g/mol. The molecule has 1 aromatic heterocycles. The zero-order chi connectivity index (χ0) is 19.1. The first-order chi connectivity index (χ1) is 12.1. The standard InChI is InChI=1S/C14H21F3N6O2S/c1-9-13(10(2)19-18-9)26(24,25)23-7-5-22(6-8-23)12-4-3-11(20-21-12)14(15,16)17/h3-4,9-10,13,18-19H,5-8H2,1-2H3. The van der Waals surface area contributed by atoms with Crippen LogP contribution in [0.1, 0.15) is 19.5 Å². The van der Waals surface area contributed by atoms with Crippen molar-refractivity contribution in [2.45, 2.75) is 37.4 Å². The van der Waals surface area contributed by atoms with Crippen LogP contribution in [0.25, 0.3) is 0 Å². The van der Waals surface area contributed by atoms with Crippen molar-refractivity contribution < 1.29 is 21.6 Å². The lowest BCUT2D eigenvalue weighted by molar-refractivity contribution is -0.141. The van der Waals surface area contributed by atoms with Gasteiger partial charge in [0.1, 0.15) is 5.25 Å². The summed E-state index contributed by atoms with van der Waals surface area (Å²) in [7, 11) is -3.49. The Morgan fingerprint density at radius 1 is 1.04 bits per heavy atom. The number of sulfonamides is 1. The number of aromatic nitrogens is 2. The molecule has 3 heterocycles. The van der Waals surface area contributed by atoms with E-state index in [0.717, 1.165) is 6.07 Å². The molecule has 8 nitrogen and oxygen atoms in total. The maximum absolute atomic E-state index is 12.9. The van der Waals surface area contributed by atoms with Crippen LogP contribution in [0.5, 0.6) is 0 Å². The maximum atomic E-state index is 12.9. The van der Waals surface area contributed by atoms with E-state index < -0.39 is 27.1 Å². The number of hydrogen-bond acceptors (Lipinski definition) is 7. The Bertz CT molecular complexity index is 724. The van der Waals surface area contributed by atoms with Gasteiger partial charge in [-0.05, 0) is 26.0 Å². The van der Waals surface area contributed by atoms with Crippen LogP contribution >= 0.6 is 0 Å². The average molecular weight is 394 g/mol. The minimum Gasteiger partial charge on any atom is -0.352 e. The first-order valence-electron chi connectivity index (χ1n) is 8.26. The summed E-state index contributed by atoms with van der Waals surface area (Å²) in [5.74, 6) is 0.306. The van der Waals surface area contributed by atoms with Crippen molar-refractivity contribution in [1.29, 1.82) is 0 Å². The van der Waals surface area contributed by atoms with Gasteiger partial charge in [-0.25, -0.2) is 8.42 Å². The molecule has 26 heavy (non-hydrogen) atoms. The van der Waals surface area contributed by atoms with E-state index in [-0.39, 0.29) is 25.2 Å². The minimum absolute atomic E-state index is 0.214. The SMILES string of the molecule is CC1NNC(C)C1S(=O)(=O)N1CCN(c2ccc(C(F)(F)F)nn2)CC1. The van der Waals surface area contributed by atoms with Gasteiger partial charge >= 0.3 is 6.18 Å². The lowest BCUT2D eigenvalue weighted by Crippen LogP contribution is -2.54. The Hall–Kier alpha value is -1.50. The number of nitrogens with one attached hydrogen (secondary N) is 2. The maximum Gasteiger partial charge on any atom is 0.435 e. The smallest absolute Gasteiger partial charge is 0.352 e. The molecule has 0 radical (unpaired) electrons. The molecule has 2 unspecified atom stereocenters. The molecule has 2 saturated heterocycles. The molecule has 0 amide bonds. The number of anilines is 1. The van der Waals surface area contributed by atoms with Gasteiger partial charge in [-0.2, -0.15) is 17.5 Å². The van der Waals surface area contributed by atoms with E-state index >= 15 is 0 Å². The van der Waals surface area contributed by atoms with E-state index in [1.165, 1.54) is 10.4 Å². The summed E-state index contributed by atoms with van der Waals surface area (Å²) in [5.41, 5.74) is 4.83. The van der Waals surface area contributed by atoms with Crippen LogP contribution in [0.4, 0.5) is 19.0 Å². The Labute approximate surface area is 149 Å². The monoisotopic (exact) mass is 394 g/mol. The van der Waals surface area contributed by atoms with E-state index in [2.05, 4.69) is 21.0 Å². The highest BCUT2D eigenvalue weighted by molar-refractivity contribution is 7.89. The predicted molar refractivity (Wildman–Crippen MR) is 88.7 cm³/mol. The van der Waals surface area contributed by atoms with Gasteiger partial charge in [0.25, 0.3) is 0 Å². The largest absolute Gasteiger partial charge is 0.435 e. The average Bonchev–Trinajstić information content (AvgIpc) is 2.93. The van der Waals surface area contributed by atoms with Gasteiger partial charge in [-0.1, -0.05) is 0 Å². The summed E-state index contributed by atoms with van der Waals surface area (Å²) in [4.78, 5) is 1.73. The Morgan fingerprint density at radius 3 is 2.08 bits per heavy atom. The number of hydrogen-bond donors (Lipinski definition) is 2. The summed E-state index contributed by atoms with van der Waals surface area (Å²) in [5, 5.41) is 6.27. The molecule has 3 rings (SSSR count). The van der Waals surface area contributed by atoms with Crippen LogP contribution in [0.15, 0.2) is 12.1 Å². The van der Waals surface area contributed by atoms with Crippen LogP contribution in [0.3, 0.4) is 0 Å². The number of alkyl halides is 3. The fraction of sp³-hybridized carbons (Fsp3) is 0.714. The van der Waals surface area contributed by atoms with Crippen LogP contribution < -0.4 is 15.8 Å². The van der Waals surface area contributed by atoms with Crippen molar-refractivity contribution in [1.82, 2.24) is 25.4 Å². The third-order valence-electron chi connectivity index (χ3n) is 4.73. The normalized spacial score (nSPS) is 28.5. The Kier molecular flexibility index (Phi) is 5.12. The fourth-order valence-corrected chi connectivity index (χ4v) is 5.55. The number of rotatable bonds is 3. The predicted octanol–water partition coefficient (Wildman–Crippen LogP) is 0.201. The molecule has 0 saturated carbocycles. The van der Waals surface area contributed by atoms with Crippen molar-refractivity contribution >= 4 is 15.8 Å². The van der Waals surface area contributed by atoms with Crippen molar-refractivity contribution in [3.8, 4) is 0 Å². The van der Waals surface area contributed by atoms with Gasteiger partial charge in [0.15, 0.2) is 11.5 Å². The summed E-state index contributed by atoms with van der Waals surface area (Å²) in [6.45, 7) is 4.81. The van der Waals surface area contributed by atoms with Crippen molar-refractivity contribution in [3.63, 3.8) is 0 Å². The molecule has 2 N–H and O–H groups in total. The molecule has 2 atom stereocenters. The number of hydrazine groups is 1. The number of halogens is 3. The lowest BCUT2D eigenvalue weighted by atomic mass is 10.2. The second-order valence-corrected chi connectivity index (χ2v) is 8.63. The number of nitrogens with zero attached hydrogens (tertiary/aromatic N) is 4. The van der Waals surface area contributed by atoms with Crippen molar-refractivity contribution in [2.24, 2.45) is 0 Å². The van der Waals surface area contributed by atoms with Crippen LogP contribution in [0, 0.1) is 0 Å². The molecule has 2 fully saturated rings. The fourth-order valence-electron chi connectivity index (χ4n) is 3.36. The molecule has 1 aromatic rings. The van der Waals surface area contributed by atoms with E-state index in [9.17, 15) is 21.6 Å². The van der Waals surface area contributed by atoms with Crippen molar-refractivity contribution in [2.75, 3.05) is 31.1 Å². The zero-order valence-corrected chi connectivity index (χ0v) is 15.2. The molecule has 12 heteroatoms. The first-order valence-corrected chi connectivity index (χ1v) is 9.77. The second-order valence-electron chi connectivity index (χ2n) is 6.54. The summed E-state index contributed by atoms with van der Waals surface area (Å²) in [6, 6.07) is 1.71. The first kappa shape index (κ1) is 19.3. The number of piperazine rings is 1. The van der Waals surface area contributed by atoms with Gasteiger partial charge in [-0.15, -0.1) is 10.2 Å². The van der Waals surface area contributed by atoms with Gasteiger partial charge in [0.2, 0.25) is 10.0 Å². The van der Waals surface area contributed by atoms with Gasteiger partial charge in [0.05, 0.1) is 0 Å². The Balaban J connectivity index is 1.66. The Morgan fingerprint density at radius 2 is 1.62 bits per heavy atom. The van der Waals surface area contributed by atoms with Crippen LogP contribution in [0.2, 0.25) is 0 Å². The third-order valence-corrected chi connectivity index (χ3v) is 7.32. The van der Waals surface area contributed by atoms with Gasteiger partial charge in [-0.3, -0.25) is 10.9 Å². The summed E-state index contributed by atoms with van der Waals surface area (Å²) < 4.78 is 64.9. The molecule has 0 bridgehead atoms. The van der Waals surface area contributed by atoms with E-state index in [0.29, 0.717) is 18.9 Å². The molecule has 2 aliphatic heterocycles. The van der Waals surface area contributed by atoms with Crippen LogP contribution in [-0.2, 0) is 16.2 Å². The summed E-state index contributed by atoms with van der Waals surface area (Å²) in [6.07, 6.45) is -4.53. The molecular formula is C14H21F3N6O2S. The molecule has 2 aliphatic rings. The zero-order valence-electron chi connectivity index (χ0n) is 14.4. The van der Waals surface area contributed by atoms with E-state index in [1.54, 1.807) is 4.90 Å². The van der Waals surface area contributed by atoms with E-state index in [1.807, 2.05) is 13.8 Å². The van der Waals surface area contributed by atoms with Crippen LogP contribution in [-0.4, -0.2) is 66.4 Å². The van der Waals surface area contributed by atoms with Gasteiger partial charge in [0, 0.05) is 38.3 Å². The molecule has 146 valence electrons. The summed E-state index contributed by atoms with van der Waals surface area (Å²) >= 11 is 0. The topological polar surface area (TPSA) is 90.5 Å². The quantitative estimate of drug-likeness (QED) is 0.757. The molecule has 0 aliphatic carbocycles.